The Kier molecular flexibility index (Phi) is 2.46. The summed E-state index contributed by atoms with van der Waals surface area (Å²) in [4.78, 5) is 0. The maximum absolute atomic E-state index is 8.91. The highest BCUT2D eigenvalue weighted by molar-refractivity contribution is 5.92. The lowest BCUT2D eigenvalue weighted by atomic mass is 10.1. The van der Waals surface area contributed by atoms with Crippen molar-refractivity contribution < 1.29 is 0 Å². The summed E-state index contributed by atoms with van der Waals surface area (Å²) < 4.78 is 0. The van der Waals surface area contributed by atoms with Gasteiger partial charge in [0.15, 0.2) is 5.69 Å². The Balaban J connectivity index is 2.74. The van der Waals surface area contributed by atoms with Crippen molar-refractivity contribution >= 4 is 16.6 Å². The van der Waals surface area contributed by atoms with E-state index in [1.807, 2.05) is 37.3 Å². The van der Waals surface area contributed by atoms with E-state index >= 15 is 0 Å². The Morgan fingerprint density at radius 3 is 2.87 bits per heavy atom. The standard InChI is InChI=1S/C11H10N4/c1-2-13-11-8-5-3-4-6-9(8)14-15-10(11)7-12/h3-6H,2H2,1H3,(H,13,14). The molecule has 0 atom stereocenters. The molecule has 0 amide bonds. The number of benzene rings is 1. The van der Waals surface area contributed by atoms with Gasteiger partial charge in [0.1, 0.15) is 6.07 Å². The highest BCUT2D eigenvalue weighted by Gasteiger charge is 2.08. The molecule has 4 heteroatoms. The van der Waals surface area contributed by atoms with Gasteiger partial charge >= 0.3 is 0 Å². The first-order valence-corrected chi connectivity index (χ1v) is 4.76. The van der Waals surface area contributed by atoms with Crippen LogP contribution in [0.1, 0.15) is 12.6 Å². The van der Waals surface area contributed by atoms with Crippen molar-refractivity contribution in [1.82, 2.24) is 10.2 Å². The van der Waals surface area contributed by atoms with Gasteiger partial charge in [-0.3, -0.25) is 0 Å². The fourth-order valence-electron chi connectivity index (χ4n) is 1.49. The summed E-state index contributed by atoms with van der Waals surface area (Å²) in [7, 11) is 0. The number of aromatic nitrogens is 2. The Morgan fingerprint density at radius 1 is 1.33 bits per heavy atom. The van der Waals surface area contributed by atoms with Crippen LogP contribution in [0.2, 0.25) is 0 Å². The van der Waals surface area contributed by atoms with Crippen LogP contribution in [-0.2, 0) is 0 Å². The van der Waals surface area contributed by atoms with Crippen LogP contribution in [0, 0.1) is 11.3 Å². The molecule has 2 aromatic rings. The lowest BCUT2D eigenvalue weighted by Gasteiger charge is -2.07. The average Bonchev–Trinajstić information content (AvgIpc) is 2.30. The normalized spacial score (nSPS) is 9.87. The highest BCUT2D eigenvalue weighted by atomic mass is 15.1. The molecule has 2 rings (SSSR count). The molecular formula is C11H10N4. The van der Waals surface area contributed by atoms with Crippen LogP contribution in [0.3, 0.4) is 0 Å². The van der Waals surface area contributed by atoms with Crippen molar-refractivity contribution in [3.05, 3.63) is 30.0 Å². The zero-order valence-corrected chi connectivity index (χ0v) is 8.36. The molecule has 1 aromatic carbocycles. The smallest absolute Gasteiger partial charge is 0.186 e. The molecule has 0 saturated heterocycles. The Labute approximate surface area is 87.6 Å². The van der Waals surface area contributed by atoms with Crippen LogP contribution in [0.5, 0.6) is 0 Å². The van der Waals surface area contributed by atoms with Crippen molar-refractivity contribution in [3.8, 4) is 6.07 Å². The SMILES string of the molecule is CCNc1c(C#N)nnc2ccccc12. The number of hydrogen-bond acceptors (Lipinski definition) is 4. The van der Waals surface area contributed by atoms with Gasteiger partial charge in [-0.15, -0.1) is 10.2 Å². The van der Waals surface area contributed by atoms with Gasteiger partial charge in [-0.2, -0.15) is 5.26 Å². The van der Waals surface area contributed by atoms with E-state index in [1.165, 1.54) is 0 Å². The average molecular weight is 198 g/mol. The number of fused-ring (bicyclic) bond motifs is 1. The van der Waals surface area contributed by atoms with Crippen molar-refractivity contribution in [2.45, 2.75) is 6.92 Å². The predicted octanol–water partition coefficient (Wildman–Crippen LogP) is 1.93. The second kappa shape index (κ2) is 3.93. The third-order valence-electron chi connectivity index (χ3n) is 2.13. The fourth-order valence-corrected chi connectivity index (χ4v) is 1.49. The largest absolute Gasteiger partial charge is 0.382 e. The van der Waals surface area contributed by atoms with Gasteiger partial charge in [-0.1, -0.05) is 18.2 Å². The van der Waals surface area contributed by atoms with Crippen molar-refractivity contribution in [2.24, 2.45) is 0 Å². The summed E-state index contributed by atoms with van der Waals surface area (Å²) in [6, 6.07) is 9.67. The molecule has 0 aliphatic carbocycles. The van der Waals surface area contributed by atoms with Crippen LogP contribution >= 0.6 is 0 Å². The summed E-state index contributed by atoms with van der Waals surface area (Å²) in [5.74, 6) is 0. The van der Waals surface area contributed by atoms with Gasteiger partial charge in [0.2, 0.25) is 0 Å². The number of nitrogens with zero attached hydrogens (tertiary/aromatic N) is 3. The molecule has 1 heterocycles. The predicted molar refractivity (Wildman–Crippen MR) is 58.4 cm³/mol. The van der Waals surface area contributed by atoms with Gasteiger partial charge in [-0.05, 0) is 13.0 Å². The van der Waals surface area contributed by atoms with Crippen LogP contribution in [0.4, 0.5) is 5.69 Å². The molecule has 0 fully saturated rings. The maximum atomic E-state index is 8.91. The fraction of sp³-hybridized carbons (Fsp3) is 0.182. The lowest BCUT2D eigenvalue weighted by Crippen LogP contribution is -2.03. The van der Waals surface area contributed by atoms with Gasteiger partial charge in [0.25, 0.3) is 0 Å². The van der Waals surface area contributed by atoms with E-state index in [2.05, 4.69) is 15.5 Å². The van der Waals surface area contributed by atoms with E-state index in [0.29, 0.717) is 5.69 Å². The summed E-state index contributed by atoms with van der Waals surface area (Å²) >= 11 is 0. The van der Waals surface area contributed by atoms with Crippen LogP contribution in [0.25, 0.3) is 10.9 Å². The molecule has 1 aromatic heterocycles. The van der Waals surface area contributed by atoms with E-state index in [-0.39, 0.29) is 0 Å². The van der Waals surface area contributed by atoms with Crippen LogP contribution in [-0.4, -0.2) is 16.7 Å². The van der Waals surface area contributed by atoms with Gasteiger partial charge in [0.05, 0.1) is 11.2 Å². The topological polar surface area (TPSA) is 61.6 Å². The monoisotopic (exact) mass is 198 g/mol. The molecule has 74 valence electrons. The molecule has 0 spiro atoms. The van der Waals surface area contributed by atoms with E-state index in [1.54, 1.807) is 0 Å². The van der Waals surface area contributed by atoms with Gasteiger partial charge in [0, 0.05) is 11.9 Å². The minimum atomic E-state index is 0.343. The Morgan fingerprint density at radius 2 is 2.13 bits per heavy atom. The molecule has 0 aliphatic heterocycles. The first kappa shape index (κ1) is 9.41. The number of nitriles is 1. The first-order chi connectivity index (χ1) is 7.36. The zero-order chi connectivity index (χ0) is 10.7. The molecule has 0 unspecified atom stereocenters. The van der Waals surface area contributed by atoms with Gasteiger partial charge < -0.3 is 5.32 Å². The van der Waals surface area contributed by atoms with Crippen molar-refractivity contribution in [1.29, 1.82) is 5.26 Å². The van der Waals surface area contributed by atoms with Crippen LogP contribution < -0.4 is 5.32 Å². The Hall–Kier alpha value is -2.15. The zero-order valence-electron chi connectivity index (χ0n) is 8.36. The number of rotatable bonds is 2. The molecule has 1 N–H and O–H groups in total. The third kappa shape index (κ3) is 1.59. The summed E-state index contributed by atoms with van der Waals surface area (Å²) in [5.41, 5.74) is 1.91. The first-order valence-electron chi connectivity index (χ1n) is 4.76. The third-order valence-corrected chi connectivity index (χ3v) is 2.13. The van der Waals surface area contributed by atoms with E-state index in [0.717, 1.165) is 23.1 Å². The Bertz CT molecular complexity index is 528. The molecular weight excluding hydrogens is 188 g/mol. The van der Waals surface area contributed by atoms with E-state index in [9.17, 15) is 0 Å². The molecule has 0 bridgehead atoms. The maximum Gasteiger partial charge on any atom is 0.186 e. The van der Waals surface area contributed by atoms with E-state index in [4.69, 9.17) is 5.26 Å². The van der Waals surface area contributed by atoms with E-state index < -0.39 is 0 Å². The summed E-state index contributed by atoms with van der Waals surface area (Å²) in [5, 5.41) is 20.8. The summed E-state index contributed by atoms with van der Waals surface area (Å²) in [6.45, 7) is 2.74. The molecule has 0 saturated carbocycles. The summed E-state index contributed by atoms with van der Waals surface area (Å²) in [6.07, 6.45) is 0. The molecule has 0 aliphatic rings. The highest BCUT2D eigenvalue weighted by Crippen LogP contribution is 2.23. The molecule has 0 radical (unpaired) electrons. The second-order valence-electron chi connectivity index (χ2n) is 3.08. The molecule has 15 heavy (non-hydrogen) atoms. The van der Waals surface area contributed by atoms with Gasteiger partial charge in [-0.25, -0.2) is 0 Å². The number of hydrogen-bond donors (Lipinski definition) is 1. The van der Waals surface area contributed by atoms with Crippen molar-refractivity contribution in [3.63, 3.8) is 0 Å². The number of anilines is 1. The number of nitrogens with one attached hydrogen (secondary N) is 1. The second-order valence-corrected chi connectivity index (χ2v) is 3.08. The minimum Gasteiger partial charge on any atom is -0.382 e. The van der Waals surface area contributed by atoms with Crippen molar-refractivity contribution in [2.75, 3.05) is 11.9 Å². The van der Waals surface area contributed by atoms with Crippen LogP contribution in [0.15, 0.2) is 24.3 Å². The molecule has 4 nitrogen and oxygen atoms in total. The minimum absolute atomic E-state index is 0.343. The lowest BCUT2D eigenvalue weighted by molar-refractivity contribution is 1.04. The quantitative estimate of drug-likeness (QED) is 0.800.